The predicted molar refractivity (Wildman–Crippen MR) is 151 cm³/mol. The Morgan fingerprint density at radius 2 is 1.43 bits per heavy atom. The van der Waals surface area contributed by atoms with Crippen molar-refractivity contribution < 1.29 is 23.5 Å². The Kier molecular flexibility index (Phi) is 13.8. The molecule has 0 fully saturated rings. The van der Waals surface area contributed by atoms with E-state index in [0.717, 1.165) is 43.5 Å². The molecule has 0 spiro atoms. The van der Waals surface area contributed by atoms with Crippen molar-refractivity contribution >= 4 is 17.6 Å². The number of quaternary nitrogens is 1. The number of carbonyl (C=O) groups is 2. The van der Waals surface area contributed by atoms with E-state index in [4.69, 9.17) is 9.47 Å². The maximum Gasteiger partial charge on any atom is 0.338 e. The number of carbonyl (C=O) groups excluding carboxylic acids is 2. The standard InChI is InChI=1S/C31H46N2O4/c1-5-9-11-12-15-24-36-29-17-14-13-16-28(29)30(34)32-27-20-18-26(19-21-27)31(35)37-25-23-33(7-3,8-4)22-10-6-2/h13-14,16-21H,5-12,15,22-25H2,1-4H3/p+1. The van der Waals surface area contributed by atoms with E-state index in [9.17, 15) is 9.59 Å². The quantitative estimate of drug-likeness (QED) is 0.132. The van der Waals surface area contributed by atoms with Gasteiger partial charge in [0.2, 0.25) is 0 Å². The van der Waals surface area contributed by atoms with E-state index in [1.54, 1.807) is 30.3 Å². The van der Waals surface area contributed by atoms with Crippen LogP contribution in [0.2, 0.25) is 0 Å². The molecule has 6 heteroatoms. The molecule has 37 heavy (non-hydrogen) atoms. The Bertz CT molecular complexity index is 938. The average molecular weight is 512 g/mol. The summed E-state index contributed by atoms with van der Waals surface area (Å²) in [6, 6.07) is 14.1. The van der Waals surface area contributed by atoms with Gasteiger partial charge in [0.1, 0.15) is 18.9 Å². The highest BCUT2D eigenvalue weighted by atomic mass is 16.5. The maximum atomic E-state index is 12.9. The highest BCUT2D eigenvalue weighted by Gasteiger charge is 2.23. The van der Waals surface area contributed by atoms with Gasteiger partial charge in [-0.3, -0.25) is 4.79 Å². The van der Waals surface area contributed by atoms with E-state index < -0.39 is 0 Å². The van der Waals surface area contributed by atoms with Crippen molar-refractivity contribution in [2.75, 3.05) is 44.7 Å². The third kappa shape index (κ3) is 10.2. The lowest BCUT2D eigenvalue weighted by Gasteiger charge is -2.36. The van der Waals surface area contributed by atoms with Crippen LogP contribution in [0.5, 0.6) is 5.75 Å². The number of rotatable bonds is 18. The van der Waals surface area contributed by atoms with Gasteiger partial charge < -0.3 is 19.3 Å². The number of amides is 1. The molecule has 0 unspecified atom stereocenters. The number of para-hydroxylation sites is 1. The summed E-state index contributed by atoms with van der Waals surface area (Å²) in [5, 5.41) is 2.91. The fourth-order valence-corrected chi connectivity index (χ4v) is 4.43. The van der Waals surface area contributed by atoms with Crippen LogP contribution < -0.4 is 10.1 Å². The van der Waals surface area contributed by atoms with Crippen molar-refractivity contribution in [2.45, 2.75) is 72.6 Å². The zero-order chi connectivity index (χ0) is 26.9. The molecule has 0 aromatic heterocycles. The molecule has 0 saturated carbocycles. The van der Waals surface area contributed by atoms with Crippen molar-refractivity contribution in [3.8, 4) is 5.75 Å². The third-order valence-corrected chi connectivity index (χ3v) is 7.14. The van der Waals surface area contributed by atoms with E-state index in [-0.39, 0.29) is 11.9 Å². The van der Waals surface area contributed by atoms with Crippen LogP contribution in [-0.2, 0) is 4.74 Å². The Labute approximate surface area is 223 Å². The zero-order valence-electron chi connectivity index (χ0n) is 23.4. The first-order valence-corrected chi connectivity index (χ1v) is 14.1. The lowest BCUT2D eigenvalue weighted by atomic mass is 10.1. The van der Waals surface area contributed by atoms with Crippen LogP contribution in [0.15, 0.2) is 48.5 Å². The maximum absolute atomic E-state index is 12.9. The molecular weight excluding hydrogens is 464 g/mol. The summed E-state index contributed by atoms with van der Waals surface area (Å²) in [5.41, 5.74) is 1.59. The van der Waals surface area contributed by atoms with Gasteiger partial charge in [0.25, 0.3) is 5.91 Å². The number of benzene rings is 2. The average Bonchev–Trinajstić information content (AvgIpc) is 2.93. The minimum Gasteiger partial charge on any atom is -0.493 e. The normalized spacial score (nSPS) is 11.2. The monoisotopic (exact) mass is 511 g/mol. The number of hydrogen-bond acceptors (Lipinski definition) is 4. The summed E-state index contributed by atoms with van der Waals surface area (Å²) in [5.74, 6) is 0.0110. The molecule has 0 aliphatic rings. The van der Waals surface area contributed by atoms with Gasteiger partial charge in [-0.15, -0.1) is 0 Å². The summed E-state index contributed by atoms with van der Waals surface area (Å²) in [7, 11) is 0. The van der Waals surface area contributed by atoms with Crippen LogP contribution in [0.25, 0.3) is 0 Å². The van der Waals surface area contributed by atoms with Crippen LogP contribution >= 0.6 is 0 Å². The first kappa shape index (κ1) is 30.4. The molecule has 2 aromatic rings. The lowest BCUT2D eigenvalue weighted by Crippen LogP contribution is -2.50. The minimum atomic E-state index is -0.337. The second-order valence-electron chi connectivity index (χ2n) is 9.70. The van der Waals surface area contributed by atoms with E-state index in [1.165, 1.54) is 32.1 Å². The first-order valence-electron chi connectivity index (χ1n) is 14.1. The molecule has 0 aliphatic heterocycles. The lowest BCUT2D eigenvalue weighted by molar-refractivity contribution is -0.925. The third-order valence-electron chi connectivity index (χ3n) is 7.14. The van der Waals surface area contributed by atoms with Gasteiger partial charge in [-0.25, -0.2) is 4.79 Å². The minimum absolute atomic E-state index is 0.239. The molecule has 1 amide bonds. The number of unbranched alkanes of at least 4 members (excludes halogenated alkanes) is 5. The fourth-order valence-electron chi connectivity index (χ4n) is 4.43. The highest BCUT2D eigenvalue weighted by Crippen LogP contribution is 2.21. The summed E-state index contributed by atoms with van der Waals surface area (Å²) >= 11 is 0. The second-order valence-corrected chi connectivity index (χ2v) is 9.70. The predicted octanol–water partition coefficient (Wildman–Crippen LogP) is 7.10. The van der Waals surface area contributed by atoms with Crippen LogP contribution in [0.3, 0.4) is 0 Å². The number of esters is 1. The molecule has 2 aromatic carbocycles. The number of nitrogens with zero attached hydrogens (tertiary/aromatic N) is 1. The number of ether oxygens (including phenoxy) is 2. The summed E-state index contributed by atoms with van der Waals surface area (Å²) in [6.45, 7) is 13.8. The van der Waals surface area contributed by atoms with Crippen LogP contribution in [-0.4, -0.2) is 55.8 Å². The molecule has 2 rings (SSSR count). The molecular formula is C31H47N2O4+. The largest absolute Gasteiger partial charge is 0.493 e. The SMILES string of the molecule is CCCCCCCOc1ccccc1C(=O)Nc1ccc(C(=O)OCC[N+](CC)(CC)CCCC)cc1. The van der Waals surface area contributed by atoms with Gasteiger partial charge in [0.15, 0.2) is 0 Å². The van der Waals surface area contributed by atoms with Crippen molar-refractivity contribution in [3.63, 3.8) is 0 Å². The molecule has 0 atom stereocenters. The zero-order valence-corrected chi connectivity index (χ0v) is 23.4. The van der Waals surface area contributed by atoms with Crippen molar-refractivity contribution in [2.24, 2.45) is 0 Å². The number of hydrogen-bond donors (Lipinski definition) is 1. The van der Waals surface area contributed by atoms with Crippen LogP contribution in [0.1, 0.15) is 93.4 Å². The van der Waals surface area contributed by atoms with Crippen molar-refractivity contribution in [3.05, 3.63) is 59.7 Å². The molecule has 204 valence electrons. The summed E-state index contributed by atoms with van der Waals surface area (Å²) < 4.78 is 12.5. The van der Waals surface area contributed by atoms with Gasteiger partial charge in [-0.05, 0) is 63.1 Å². The van der Waals surface area contributed by atoms with Crippen LogP contribution in [0, 0.1) is 0 Å². The molecule has 0 saturated heterocycles. The van der Waals surface area contributed by atoms with Gasteiger partial charge in [-0.2, -0.15) is 0 Å². The van der Waals surface area contributed by atoms with Crippen molar-refractivity contribution in [1.29, 1.82) is 0 Å². The molecule has 6 nitrogen and oxygen atoms in total. The number of anilines is 1. The van der Waals surface area contributed by atoms with E-state index >= 15 is 0 Å². The smallest absolute Gasteiger partial charge is 0.338 e. The van der Waals surface area contributed by atoms with Crippen molar-refractivity contribution in [1.82, 2.24) is 0 Å². The molecule has 1 N–H and O–H groups in total. The molecule has 0 bridgehead atoms. The van der Waals surface area contributed by atoms with Crippen LogP contribution in [0.4, 0.5) is 5.69 Å². The molecule has 0 radical (unpaired) electrons. The molecule has 0 heterocycles. The number of likely N-dealkylation sites (N-methyl/N-ethyl adjacent to an activating group) is 1. The van der Waals surface area contributed by atoms with Gasteiger partial charge in [0, 0.05) is 5.69 Å². The van der Waals surface area contributed by atoms with Gasteiger partial charge >= 0.3 is 5.97 Å². The Balaban J connectivity index is 1.88. The van der Waals surface area contributed by atoms with E-state index in [2.05, 4.69) is 33.0 Å². The molecule has 0 aliphatic carbocycles. The van der Waals surface area contributed by atoms with E-state index in [0.29, 0.717) is 35.8 Å². The Morgan fingerprint density at radius 1 is 0.757 bits per heavy atom. The summed E-state index contributed by atoms with van der Waals surface area (Å²) in [6.07, 6.45) is 8.12. The second kappa shape index (κ2) is 16.8. The van der Waals surface area contributed by atoms with Gasteiger partial charge in [-0.1, -0.05) is 58.1 Å². The van der Waals surface area contributed by atoms with E-state index in [1.807, 2.05) is 18.2 Å². The topological polar surface area (TPSA) is 64.6 Å². The Hall–Kier alpha value is -2.86. The number of nitrogens with one attached hydrogen (secondary N) is 1. The summed E-state index contributed by atoms with van der Waals surface area (Å²) in [4.78, 5) is 25.5. The fraction of sp³-hybridized carbons (Fsp3) is 0.548. The van der Waals surface area contributed by atoms with Gasteiger partial charge in [0.05, 0.1) is 37.4 Å². The first-order chi connectivity index (χ1) is 18.0. The highest BCUT2D eigenvalue weighted by molar-refractivity contribution is 6.06. The Morgan fingerprint density at radius 3 is 2.11 bits per heavy atom.